The van der Waals surface area contributed by atoms with Crippen molar-refractivity contribution in [1.29, 1.82) is 0 Å². The summed E-state index contributed by atoms with van der Waals surface area (Å²) in [5.74, 6) is 0.670. The van der Waals surface area contributed by atoms with Crippen molar-refractivity contribution in [1.82, 2.24) is 4.98 Å². The minimum absolute atomic E-state index is 0.670. The second-order valence-electron chi connectivity index (χ2n) is 3.47. The van der Waals surface area contributed by atoms with E-state index >= 15 is 0 Å². The number of pyridine rings is 1. The molecule has 0 radical (unpaired) electrons. The molecule has 0 saturated carbocycles. The molecule has 0 fully saturated rings. The van der Waals surface area contributed by atoms with Gasteiger partial charge in [0, 0.05) is 5.39 Å². The zero-order valence-corrected chi connectivity index (χ0v) is 8.54. The van der Waals surface area contributed by atoms with Gasteiger partial charge in [-0.05, 0) is 30.5 Å². The first kappa shape index (κ1) is 9.00. The number of aromatic nitrogens is 1. The summed E-state index contributed by atoms with van der Waals surface area (Å²) in [6.45, 7) is 4.22. The Bertz CT molecular complexity index is 475. The highest BCUT2D eigenvalue weighted by Crippen LogP contribution is 2.24. The van der Waals surface area contributed by atoms with Crippen LogP contribution in [0.25, 0.3) is 10.9 Å². The van der Waals surface area contributed by atoms with Crippen molar-refractivity contribution in [2.75, 3.05) is 5.73 Å². The molecule has 72 valence electrons. The van der Waals surface area contributed by atoms with Crippen LogP contribution in [-0.4, -0.2) is 4.98 Å². The van der Waals surface area contributed by atoms with Gasteiger partial charge in [-0.25, -0.2) is 4.98 Å². The van der Waals surface area contributed by atoms with Crippen LogP contribution < -0.4 is 5.73 Å². The van der Waals surface area contributed by atoms with Crippen LogP contribution in [0.4, 0.5) is 5.82 Å². The molecule has 0 bridgehead atoms. The Labute approximate surface area is 83.8 Å². The molecule has 1 heterocycles. The van der Waals surface area contributed by atoms with Crippen LogP contribution in [0.5, 0.6) is 0 Å². The van der Waals surface area contributed by atoms with E-state index in [1.54, 1.807) is 0 Å². The fourth-order valence-electron chi connectivity index (χ4n) is 1.89. The van der Waals surface area contributed by atoms with E-state index < -0.39 is 0 Å². The van der Waals surface area contributed by atoms with E-state index in [9.17, 15) is 0 Å². The summed E-state index contributed by atoms with van der Waals surface area (Å²) in [7, 11) is 0. The summed E-state index contributed by atoms with van der Waals surface area (Å²) < 4.78 is 0. The first-order chi connectivity index (χ1) is 6.74. The van der Waals surface area contributed by atoms with E-state index in [1.165, 1.54) is 16.5 Å². The number of para-hydroxylation sites is 1. The number of nitrogens with zero attached hydrogens (tertiary/aromatic N) is 1. The number of nitrogens with two attached hydrogens (primary N) is 1. The summed E-state index contributed by atoms with van der Waals surface area (Å²) in [5.41, 5.74) is 9.30. The molecule has 0 unspecified atom stereocenters. The minimum atomic E-state index is 0.670. The zero-order chi connectivity index (χ0) is 10.1. The second kappa shape index (κ2) is 3.29. The fraction of sp³-hybridized carbons (Fsp3) is 0.250. The van der Waals surface area contributed by atoms with Gasteiger partial charge in [-0.3, -0.25) is 0 Å². The Balaban J connectivity index is 2.86. The van der Waals surface area contributed by atoms with Gasteiger partial charge >= 0.3 is 0 Å². The largest absolute Gasteiger partial charge is 0.383 e. The highest BCUT2D eigenvalue weighted by Gasteiger charge is 2.06. The van der Waals surface area contributed by atoms with Crippen LogP contribution in [0.1, 0.15) is 18.1 Å². The molecular formula is C12H14N2. The molecule has 0 amide bonds. The Hall–Kier alpha value is -1.57. The van der Waals surface area contributed by atoms with Crippen LogP contribution in [0.3, 0.4) is 0 Å². The fourth-order valence-corrected chi connectivity index (χ4v) is 1.89. The summed E-state index contributed by atoms with van der Waals surface area (Å²) in [6, 6.07) is 8.11. The third kappa shape index (κ3) is 1.23. The summed E-state index contributed by atoms with van der Waals surface area (Å²) in [5, 5.41) is 1.21. The lowest BCUT2D eigenvalue weighted by molar-refractivity contribution is 1.10. The highest BCUT2D eigenvalue weighted by molar-refractivity contribution is 5.85. The van der Waals surface area contributed by atoms with Crippen molar-refractivity contribution in [3.05, 3.63) is 35.4 Å². The van der Waals surface area contributed by atoms with Crippen molar-refractivity contribution in [3.63, 3.8) is 0 Å². The predicted molar refractivity (Wildman–Crippen MR) is 60.3 cm³/mol. The molecule has 1 aromatic carbocycles. The number of aryl methyl sites for hydroxylation is 1. The summed E-state index contributed by atoms with van der Waals surface area (Å²) >= 11 is 0. The number of nitrogen functional groups attached to an aromatic ring is 1. The Morgan fingerprint density at radius 1 is 1.29 bits per heavy atom. The standard InChI is InChI=1S/C12H14N2/c1-3-9-8(2)10-6-4-5-7-11(10)14-12(9)13/h4-7H,3H2,1-2H3,(H2,13,14). The molecular weight excluding hydrogens is 172 g/mol. The average Bonchev–Trinajstić information content (AvgIpc) is 2.18. The van der Waals surface area contributed by atoms with E-state index in [0.29, 0.717) is 5.82 Å². The Kier molecular flexibility index (Phi) is 2.12. The van der Waals surface area contributed by atoms with Gasteiger partial charge in [0.05, 0.1) is 5.52 Å². The number of rotatable bonds is 1. The second-order valence-corrected chi connectivity index (χ2v) is 3.47. The SMILES string of the molecule is CCc1c(N)nc2ccccc2c1C. The number of hydrogen-bond donors (Lipinski definition) is 1. The van der Waals surface area contributed by atoms with Crippen LogP contribution in [-0.2, 0) is 6.42 Å². The monoisotopic (exact) mass is 186 g/mol. The number of fused-ring (bicyclic) bond motifs is 1. The highest BCUT2D eigenvalue weighted by atomic mass is 14.8. The summed E-state index contributed by atoms with van der Waals surface area (Å²) in [6.07, 6.45) is 0.940. The van der Waals surface area contributed by atoms with Crippen LogP contribution >= 0.6 is 0 Å². The maximum atomic E-state index is 5.89. The minimum Gasteiger partial charge on any atom is -0.383 e. The van der Waals surface area contributed by atoms with Crippen molar-refractivity contribution >= 4 is 16.7 Å². The zero-order valence-electron chi connectivity index (χ0n) is 8.54. The van der Waals surface area contributed by atoms with Crippen LogP contribution in [0.2, 0.25) is 0 Å². The van der Waals surface area contributed by atoms with Crippen molar-refractivity contribution < 1.29 is 0 Å². The molecule has 2 heteroatoms. The van der Waals surface area contributed by atoms with E-state index in [2.05, 4.69) is 24.9 Å². The molecule has 2 N–H and O–H groups in total. The van der Waals surface area contributed by atoms with E-state index in [-0.39, 0.29) is 0 Å². The van der Waals surface area contributed by atoms with Crippen LogP contribution in [0, 0.1) is 6.92 Å². The maximum Gasteiger partial charge on any atom is 0.127 e. The molecule has 2 nitrogen and oxygen atoms in total. The number of benzene rings is 1. The van der Waals surface area contributed by atoms with Gasteiger partial charge in [-0.1, -0.05) is 25.1 Å². The molecule has 0 aliphatic carbocycles. The van der Waals surface area contributed by atoms with Crippen molar-refractivity contribution in [3.8, 4) is 0 Å². The smallest absolute Gasteiger partial charge is 0.127 e. The Morgan fingerprint density at radius 3 is 2.71 bits per heavy atom. The van der Waals surface area contributed by atoms with Gasteiger partial charge in [-0.2, -0.15) is 0 Å². The molecule has 0 atom stereocenters. The molecule has 1 aromatic heterocycles. The van der Waals surface area contributed by atoms with Crippen LogP contribution in [0.15, 0.2) is 24.3 Å². The molecule has 2 aromatic rings. The van der Waals surface area contributed by atoms with Gasteiger partial charge < -0.3 is 5.73 Å². The topological polar surface area (TPSA) is 38.9 Å². The lowest BCUT2D eigenvalue weighted by Crippen LogP contribution is -2.00. The Morgan fingerprint density at radius 2 is 2.00 bits per heavy atom. The van der Waals surface area contributed by atoms with Gasteiger partial charge in [0.2, 0.25) is 0 Å². The number of hydrogen-bond acceptors (Lipinski definition) is 2. The lowest BCUT2D eigenvalue weighted by Gasteiger charge is -2.09. The van der Waals surface area contributed by atoms with Crippen molar-refractivity contribution in [2.45, 2.75) is 20.3 Å². The normalized spacial score (nSPS) is 10.7. The molecule has 14 heavy (non-hydrogen) atoms. The molecule has 0 saturated heterocycles. The van der Waals surface area contributed by atoms with Gasteiger partial charge in [0.25, 0.3) is 0 Å². The number of anilines is 1. The third-order valence-electron chi connectivity index (χ3n) is 2.66. The maximum absolute atomic E-state index is 5.89. The first-order valence-corrected chi connectivity index (χ1v) is 4.87. The third-order valence-corrected chi connectivity index (χ3v) is 2.66. The van der Waals surface area contributed by atoms with E-state index in [0.717, 1.165) is 11.9 Å². The molecule has 0 spiro atoms. The van der Waals surface area contributed by atoms with Gasteiger partial charge in [0.1, 0.15) is 5.82 Å². The molecule has 0 aliphatic heterocycles. The quantitative estimate of drug-likeness (QED) is 0.743. The first-order valence-electron chi connectivity index (χ1n) is 4.87. The lowest BCUT2D eigenvalue weighted by atomic mass is 10.0. The van der Waals surface area contributed by atoms with Gasteiger partial charge in [-0.15, -0.1) is 0 Å². The molecule has 2 rings (SSSR count). The van der Waals surface area contributed by atoms with E-state index in [1.807, 2.05) is 18.2 Å². The van der Waals surface area contributed by atoms with E-state index in [4.69, 9.17) is 5.73 Å². The summed E-state index contributed by atoms with van der Waals surface area (Å²) in [4.78, 5) is 4.39. The predicted octanol–water partition coefficient (Wildman–Crippen LogP) is 2.69. The molecule has 0 aliphatic rings. The van der Waals surface area contributed by atoms with Crippen molar-refractivity contribution in [2.24, 2.45) is 0 Å². The average molecular weight is 186 g/mol. The van der Waals surface area contributed by atoms with Gasteiger partial charge in [0.15, 0.2) is 0 Å².